The molecule has 1 saturated heterocycles. The van der Waals surface area contributed by atoms with Crippen molar-refractivity contribution in [1.29, 1.82) is 5.26 Å². The van der Waals surface area contributed by atoms with Crippen LogP contribution >= 0.6 is 0 Å². The standard InChI is InChI=1S/C18H16F3N3O6S/c19-13-6-12(4-3-11(13)7-22)29-15-8-24(9-18(15,26)10-25)31(27,28)14-2-1-5-23-16(14)30-17(20)21/h1-6,15,17,25-26H,8-10H2/t15-,18+/m0/s1. The molecule has 0 spiro atoms. The van der Waals surface area contributed by atoms with Crippen LogP contribution in [0.25, 0.3) is 0 Å². The van der Waals surface area contributed by atoms with Crippen LogP contribution in [0.4, 0.5) is 13.2 Å². The third kappa shape index (κ3) is 4.57. The van der Waals surface area contributed by atoms with Crippen LogP contribution in [0, 0.1) is 17.1 Å². The average Bonchev–Trinajstić information content (AvgIpc) is 3.06. The maximum Gasteiger partial charge on any atom is 0.388 e. The molecule has 0 saturated carbocycles. The van der Waals surface area contributed by atoms with Gasteiger partial charge in [-0.1, -0.05) is 0 Å². The van der Waals surface area contributed by atoms with E-state index >= 15 is 0 Å². The second kappa shape index (κ2) is 8.67. The number of ether oxygens (including phenoxy) is 2. The summed E-state index contributed by atoms with van der Waals surface area (Å²) >= 11 is 0. The monoisotopic (exact) mass is 459 g/mol. The van der Waals surface area contributed by atoms with Gasteiger partial charge in [-0.15, -0.1) is 0 Å². The molecule has 1 fully saturated rings. The van der Waals surface area contributed by atoms with Gasteiger partial charge in [-0.05, 0) is 24.3 Å². The summed E-state index contributed by atoms with van der Waals surface area (Å²) in [6.45, 7) is -5.36. The zero-order valence-corrected chi connectivity index (χ0v) is 16.5. The lowest BCUT2D eigenvalue weighted by molar-refractivity contribution is -0.0641. The number of sulfonamides is 1. The van der Waals surface area contributed by atoms with Crippen molar-refractivity contribution >= 4 is 10.0 Å². The van der Waals surface area contributed by atoms with Crippen LogP contribution in [0.2, 0.25) is 0 Å². The van der Waals surface area contributed by atoms with Gasteiger partial charge in [-0.3, -0.25) is 0 Å². The van der Waals surface area contributed by atoms with Crippen molar-refractivity contribution in [2.75, 3.05) is 19.7 Å². The number of alkyl halides is 2. The number of nitrogens with zero attached hydrogens (tertiary/aromatic N) is 3. The summed E-state index contributed by atoms with van der Waals surface area (Å²) in [5, 5.41) is 29.1. The minimum Gasteiger partial charge on any atom is -0.486 e. The molecule has 1 aliphatic heterocycles. The summed E-state index contributed by atoms with van der Waals surface area (Å²) in [5.41, 5.74) is -2.33. The minimum absolute atomic E-state index is 0.115. The third-order valence-corrected chi connectivity index (χ3v) is 6.41. The highest BCUT2D eigenvalue weighted by molar-refractivity contribution is 7.89. The molecule has 0 aliphatic carbocycles. The van der Waals surface area contributed by atoms with Crippen LogP contribution in [-0.2, 0) is 10.0 Å². The minimum atomic E-state index is -4.50. The van der Waals surface area contributed by atoms with Crippen LogP contribution in [0.3, 0.4) is 0 Å². The lowest BCUT2D eigenvalue weighted by atomic mass is 10.0. The molecule has 1 aromatic heterocycles. The molecule has 9 nitrogen and oxygen atoms in total. The Morgan fingerprint density at radius 3 is 2.74 bits per heavy atom. The summed E-state index contributed by atoms with van der Waals surface area (Å²) < 4.78 is 75.4. The van der Waals surface area contributed by atoms with E-state index in [0.717, 1.165) is 24.4 Å². The second-order valence-corrected chi connectivity index (χ2v) is 8.51. The summed E-state index contributed by atoms with van der Waals surface area (Å²) in [7, 11) is -4.50. The molecule has 0 unspecified atom stereocenters. The van der Waals surface area contributed by atoms with Gasteiger partial charge in [0.25, 0.3) is 0 Å². The lowest BCUT2D eigenvalue weighted by Gasteiger charge is -2.27. The maximum absolute atomic E-state index is 13.8. The average molecular weight is 459 g/mol. The number of nitriles is 1. The highest BCUT2D eigenvalue weighted by Crippen LogP contribution is 2.33. The molecule has 2 N–H and O–H groups in total. The van der Waals surface area contributed by atoms with Crippen molar-refractivity contribution in [3.8, 4) is 17.7 Å². The summed E-state index contributed by atoms with van der Waals surface area (Å²) in [4.78, 5) is 2.84. The molecule has 13 heteroatoms. The smallest absolute Gasteiger partial charge is 0.388 e. The first kappa shape index (κ1) is 22.8. The van der Waals surface area contributed by atoms with Crippen LogP contribution in [-0.4, -0.2) is 65.9 Å². The zero-order chi connectivity index (χ0) is 22.8. The Balaban J connectivity index is 1.90. The highest BCUT2D eigenvalue weighted by Gasteiger charge is 2.51. The van der Waals surface area contributed by atoms with Gasteiger partial charge in [0.2, 0.25) is 15.9 Å². The van der Waals surface area contributed by atoms with Crippen molar-refractivity contribution in [3.05, 3.63) is 47.9 Å². The van der Waals surface area contributed by atoms with Crippen molar-refractivity contribution in [2.24, 2.45) is 0 Å². The van der Waals surface area contributed by atoms with E-state index in [2.05, 4.69) is 9.72 Å². The Kier molecular flexibility index (Phi) is 6.37. The molecule has 166 valence electrons. The molecule has 2 atom stereocenters. The Morgan fingerprint density at radius 2 is 2.13 bits per heavy atom. The number of hydrogen-bond donors (Lipinski definition) is 2. The SMILES string of the molecule is N#Cc1ccc(O[C@H]2CN(S(=O)(=O)c3cccnc3OC(F)F)C[C@@]2(O)CO)cc1F. The largest absolute Gasteiger partial charge is 0.486 e. The summed E-state index contributed by atoms with van der Waals surface area (Å²) in [5.74, 6) is -1.83. The van der Waals surface area contributed by atoms with Gasteiger partial charge in [0, 0.05) is 18.8 Å². The Hall–Kier alpha value is -2.92. The van der Waals surface area contributed by atoms with Gasteiger partial charge in [0.05, 0.1) is 18.7 Å². The number of β-amino-alcohol motifs (C(OH)–C–C–N with tert-alkyl or cyclic N) is 1. The normalized spacial score (nSPS) is 21.8. The highest BCUT2D eigenvalue weighted by atomic mass is 32.2. The number of hydrogen-bond acceptors (Lipinski definition) is 8. The maximum atomic E-state index is 13.8. The molecule has 31 heavy (non-hydrogen) atoms. The number of pyridine rings is 1. The van der Waals surface area contributed by atoms with Crippen LogP contribution in [0.5, 0.6) is 11.6 Å². The number of aliphatic hydroxyl groups is 2. The van der Waals surface area contributed by atoms with Gasteiger partial charge in [0.1, 0.15) is 34.2 Å². The van der Waals surface area contributed by atoms with Gasteiger partial charge in [-0.2, -0.15) is 18.3 Å². The summed E-state index contributed by atoms with van der Waals surface area (Å²) in [6, 6.07) is 7.09. The zero-order valence-electron chi connectivity index (χ0n) is 15.7. The fourth-order valence-corrected chi connectivity index (χ4v) is 4.59. The van der Waals surface area contributed by atoms with Crippen LogP contribution in [0.1, 0.15) is 5.56 Å². The van der Waals surface area contributed by atoms with E-state index in [9.17, 15) is 31.8 Å². The van der Waals surface area contributed by atoms with Crippen LogP contribution in [0.15, 0.2) is 41.4 Å². The molecule has 0 bridgehead atoms. The Labute approximate surface area is 174 Å². The fourth-order valence-electron chi connectivity index (χ4n) is 3.02. The van der Waals surface area contributed by atoms with Crippen molar-refractivity contribution in [1.82, 2.24) is 9.29 Å². The van der Waals surface area contributed by atoms with E-state index < -0.39 is 64.6 Å². The lowest BCUT2D eigenvalue weighted by Crippen LogP contribution is -2.48. The van der Waals surface area contributed by atoms with Gasteiger partial charge < -0.3 is 19.7 Å². The van der Waals surface area contributed by atoms with E-state index in [0.29, 0.717) is 4.31 Å². The fraction of sp³-hybridized carbons (Fsp3) is 0.333. The summed E-state index contributed by atoms with van der Waals surface area (Å²) in [6.07, 6.45) is -0.272. The Morgan fingerprint density at radius 1 is 1.39 bits per heavy atom. The second-order valence-electron chi connectivity index (χ2n) is 6.60. The van der Waals surface area contributed by atoms with E-state index in [1.54, 1.807) is 6.07 Å². The molecular weight excluding hydrogens is 443 g/mol. The topological polar surface area (TPSA) is 133 Å². The Bertz CT molecular complexity index is 1110. The molecule has 1 aromatic carbocycles. The quantitative estimate of drug-likeness (QED) is 0.623. The van der Waals surface area contributed by atoms with E-state index in [-0.39, 0.29) is 11.3 Å². The van der Waals surface area contributed by atoms with Gasteiger partial charge in [-0.25, -0.2) is 17.8 Å². The van der Waals surface area contributed by atoms with E-state index in [1.165, 1.54) is 12.1 Å². The molecule has 0 amide bonds. The first-order chi connectivity index (χ1) is 14.6. The predicted molar refractivity (Wildman–Crippen MR) is 97.2 cm³/mol. The molecule has 2 aromatic rings. The van der Waals surface area contributed by atoms with E-state index in [4.69, 9.17) is 10.00 Å². The van der Waals surface area contributed by atoms with E-state index in [1.807, 2.05) is 0 Å². The third-order valence-electron chi connectivity index (χ3n) is 4.59. The van der Waals surface area contributed by atoms with Crippen LogP contribution < -0.4 is 9.47 Å². The van der Waals surface area contributed by atoms with Gasteiger partial charge >= 0.3 is 6.61 Å². The number of halogens is 3. The van der Waals surface area contributed by atoms with Gasteiger partial charge in [0.15, 0.2) is 0 Å². The first-order valence-corrected chi connectivity index (χ1v) is 10.1. The van der Waals surface area contributed by atoms with Crippen molar-refractivity contribution < 1.29 is 41.3 Å². The number of rotatable bonds is 7. The molecule has 3 rings (SSSR count). The predicted octanol–water partition coefficient (Wildman–Crippen LogP) is 0.869. The van der Waals surface area contributed by atoms with Crippen molar-refractivity contribution in [2.45, 2.75) is 23.2 Å². The molecule has 2 heterocycles. The number of aliphatic hydroxyl groups excluding tert-OH is 1. The number of benzene rings is 1. The van der Waals surface area contributed by atoms with Crippen molar-refractivity contribution in [3.63, 3.8) is 0 Å². The molecule has 1 aliphatic rings. The number of aromatic nitrogens is 1. The molecular formula is C18H16F3N3O6S. The molecule has 0 radical (unpaired) electrons. The first-order valence-electron chi connectivity index (χ1n) is 8.70.